The average Bonchev–Trinajstić information content (AvgIpc) is 2.41. The van der Waals surface area contributed by atoms with Crippen molar-refractivity contribution in [2.75, 3.05) is 0 Å². The highest BCUT2D eigenvalue weighted by atomic mass is 16.5. The second-order valence-corrected chi connectivity index (χ2v) is 3.69. The van der Waals surface area contributed by atoms with Crippen LogP contribution < -0.4 is 4.74 Å². The second kappa shape index (κ2) is 5.23. The normalized spacial score (nSPS) is 9.83. The minimum absolute atomic E-state index is 0.161. The zero-order valence-corrected chi connectivity index (χ0v) is 10.2. The van der Waals surface area contributed by atoms with Gasteiger partial charge in [-0.3, -0.25) is 4.98 Å². The quantitative estimate of drug-likeness (QED) is 0.823. The lowest BCUT2D eigenvalue weighted by Crippen LogP contribution is -1.99. The Bertz CT molecular complexity index is 604. The third-order valence-electron chi connectivity index (χ3n) is 2.36. The number of aryl methyl sites for hydroxylation is 2. The van der Waals surface area contributed by atoms with E-state index < -0.39 is 0 Å². The average molecular weight is 240 g/mol. The third-order valence-corrected chi connectivity index (χ3v) is 2.36. The van der Waals surface area contributed by atoms with E-state index >= 15 is 0 Å². The highest BCUT2D eigenvalue weighted by Gasteiger charge is 2.07. The summed E-state index contributed by atoms with van der Waals surface area (Å²) in [5.41, 5.74) is 2.06. The molecule has 2 aromatic heterocycles. The molecule has 2 aromatic rings. The first-order chi connectivity index (χ1) is 8.72. The molecule has 0 saturated carbocycles. The van der Waals surface area contributed by atoms with Crippen LogP contribution in [0.15, 0.2) is 24.4 Å². The Kier molecular flexibility index (Phi) is 3.49. The predicted molar refractivity (Wildman–Crippen MR) is 65.2 cm³/mol. The van der Waals surface area contributed by atoms with E-state index in [2.05, 4.69) is 15.0 Å². The van der Waals surface area contributed by atoms with Crippen LogP contribution in [0, 0.1) is 18.3 Å². The van der Waals surface area contributed by atoms with Crippen LogP contribution in [0.4, 0.5) is 0 Å². The van der Waals surface area contributed by atoms with E-state index in [-0.39, 0.29) is 11.7 Å². The molecule has 0 unspecified atom stereocenters. The monoisotopic (exact) mass is 240 g/mol. The van der Waals surface area contributed by atoms with Crippen molar-refractivity contribution in [1.82, 2.24) is 15.0 Å². The van der Waals surface area contributed by atoms with Gasteiger partial charge in [0.05, 0.1) is 5.69 Å². The lowest BCUT2D eigenvalue weighted by atomic mass is 10.2. The molecule has 5 nitrogen and oxygen atoms in total. The van der Waals surface area contributed by atoms with Crippen molar-refractivity contribution in [2.24, 2.45) is 0 Å². The van der Waals surface area contributed by atoms with Crippen molar-refractivity contribution in [3.63, 3.8) is 0 Å². The summed E-state index contributed by atoms with van der Waals surface area (Å²) in [5, 5.41) is 8.76. The third kappa shape index (κ3) is 2.61. The van der Waals surface area contributed by atoms with E-state index in [1.54, 1.807) is 0 Å². The Balaban J connectivity index is 2.31. The number of pyridine rings is 1. The first-order valence-electron chi connectivity index (χ1n) is 5.60. The number of nitriles is 1. The summed E-state index contributed by atoms with van der Waals surface area (Å²) < 4.78 is 5.56. The number of hydrogen-bond acceptors (Lipinski definition) is 5. The molecule has 0 aromatic carbocycles. The van der Waals surface area contributed by atoms with Crippen molar-refractivity contribution >= 4 is 0 Å². The molecule has 0 spiro atoms. The van der Waals surface area contributed by atoms with Crippen LogP contribution in [-0.4, -0.2) is 15.0 Å². The largest absolute Gasteiger partial charge is 0.422 e. The molecule has 90 valence electrons. The molecule has 0 aliphatic carbocycles. The van der Waals surface area contributed by atoms with E-state index in [1.807, 2.05) is 32.0 Å². The standard InChI is InChI=1S/C13H12N4O/c1-3-11-12(5-4-9(2)16-11)18-13-15-7-6-10(8-14)17-13/h4-7H,3H2,1-2H3. The van der Waals surface area contributed by atoms with Crippen molar-refractivity contribution < 1.29 is 4.74 Å². The van der Waals surface area contributed by atoms with Gasteiger partial charge in [0.1, 0.15) is 11.8 Å². The summed E-state index contributed by atoms with van der Waals surface area (Å²) in [7, 11) is 0. The number of ether oxygens (including phenoxy) is 1. The fourth-order valence-corrected chi connectivity index (χ4v) is 1.49. The molecular formula is C13H12N4O. The van der Waals surface area contributed by atoms with Crippen LogP contribution in [0.5, 0.6) is 11.8 Å². The summed E-state index contributed by atoms with van der Waals surface area (Å²) >= 11 is 0. The Morgan fingerprint density at radius 2 is 2.11 bits per heavy atom. The molecule has 5 heteroatoms. The first-order valence-corrected chi connectivity index (χ1v) is 5.60. The maximum atomic E-state index is 8.76. The molecule has 2 rings (SSSR count). The van der Waals surface area contributed by atoms with Crippen molar-refractivity contribution in [3.8, 4) is 17.8 Å². The molecule has 0 fully saturated rings. The Morgan fingerprint density at radius 3 is 2.83 bits per heavy atom. The van der Waals surface area contributed by atoms with Gasteiger partial charge in [-0.05, 0) is 31.5 Å². The van der Waals surface area contributed by atoms with Gasteiger partial charge in [-0.25, -0.2) is 4.98 Å². The fourth-order valence-electron chi connectivity index (χ4n) is 1.49. The number of rotatable bonds is 3. The minimum atomic E-state index is 0.161. The fraction of sp³-hybridized carbons (Fsp3) is 0.231. The summed E-state index contributed by atoms with van der Waals surface area (Å²) in [6, 6.07) is 7.33. The van der Waals surface area contributed by atoms with Gasteiger partial charge < -0.3 is 4.74 Å². The lowest BCUT2D eigenvalue weighted by molar-refractivity contribution is 0.433. The van der Waals surface area contributed by atoms with E-state index in [4.69, 9.17) is 10.00 Å². The maximum Gasteiger partial charge on any atom is 0.323 e. The van der Waals surface area contributed by atoms with Gasteiger partial charge >= 0.3 is 6.01 Å². The van der Waals surface area contributed by atoms with Gasteiger partial charge in [-0.15, -0.1) is 0 Å². The molecule has 0 aliphatic heterocycles. The molecule has 0 atom stereocenters. The van der Waals surface area contributed by atoms with E-state index in [0.29, 0.717) is 5.75 Å². The number of hydrogen-bond donors (Lipinski definition) is 0. The molecule has 2 heterocycles. The lowest BCUT2D eigenvalue weighted by Gasteiger charge is -2.08. The zero-order valence-electron chi connectivity index (χ0n) is 10.2. The van der Waals surface area contributed by atoms with Crippen molar-refractivity contribution in [1.29, 1.82) is 5.26 Å². The van der Waals surface area contributed by atoms with Crippen LogP contribution >= 0.6 is 0 Å². The van der Waals surface area contributed by atoms with Gasteiger partial charge in [0.25, 0.3) is 0 Å². The maximum absolute atomic E-state index is 8.76. The first kappa shape index (κ1) is 12.0. The summed E-state index contributed by atoms with van der Waals surface area (Å²) in [4.78, 5) is 12.3. The van der Waals surface area contributed by atoms with Crippen LogP contribution in [0.3, 0.4) is 0 Å². The molecular weight excluding hydrogens is 228 g/mol. The molecule has 0 N–H and O–H groups in total. The summed E-state index contributed by atoms with van der Waals surface area (Å²) in [6.07, 6.45) is 2.25. The Labute approximate surface area is 105 Å². The highest BCUT2D eigenvalue weighted by molar-refractivity contribution is 5.32. The Morgan fingerprint density at radius 1 is 1.28 bits per heavy atom. The molecule has 0 radical (unpaired) electrons. The van der Waals surface area contributed by atoms with Gasteiger partial charge in [-0.2, -0.15) is 10.2 Å². The van der Waals surface area contributed by atoms with Crippen LogP contribution in [0.25, 0.3) is 0 Å². The van der Waals surface area contributed by atoms with Gasteiger partial charge in [0, 0.05) is 11.9 Å². The zero-order chi connectivity index (χ0) is 13.0. The second-order valence-electron chi connectivity index (χ2n) is 3.69. The minimum Gasteiger partial charge on any atom is -0.422 e. The number of nitrogens with zero attached hydrogens (tertiary/aromatic N) is 4. The molecule has 0 saturated heterocycles. The smallest absolute Gasteiger partial charge is 0.323 e. The molecule has 18 heavy (non-hydrogen) atoms. The van der Waals surface area contributed by atoms with E-state index in [9.17, 15) is 0 Å². The molecule has 0 bridgehead atoms. The van der Waals surface area contributed by atoms with E-state index in [0.717, 1.165) is 17.8 Å². The molecule has 0 amide bonds. The topological polar surface area (TPSA) is 71.7 Å². The summed E-state index contributed by atoms with van der Waals surface area (Å²) in [6.45, 7) is 3.93. The van der Waals surface area contributed by atoms with Crippen LogP contribution in [0.2, 0.25) is 0 Å². The van der Waals surface area contributed by atoms with Gasteiger partial charge in [0.15, 0.2) is 5.75 Å². The SMILES string of the molecule is CCc1nc(C)ccc1Oc1nccc(C#N)n1. The Hall–Kier alpha value is -2.48. The highest BCUT2D eigenvalue weighted by Crippen LogP contribution is 2.22. The van der Waals surface area contributed by atoms with Gasteiger partial charge in [0.2, 0.25) is 0 Å². The summed E-state index contributed by atoms with van der Waals surface area (Å²) in [5.74, 6) is 0.623. The van der Waals surface area contributed by atoms with Crippen molar-refractivity contribution in [3.05, 3.63) is 41.5 Å². The van der Waals surface area contributed by atoms with Crippen LogP contribution in [-0.2, 0) is 6.42 Å². The van der Waals surface area contributed by atoms with Crippen molar-refractivity contribution in [2.45, 2.75) is 20.3 Å². The predicted octanol–water partition coefficient (Wildman–Crippen LogP) is 2.41. The van der Waals surface area contributed by atoms with E-state index in [1.165, 1.54) is 12.3 Å². The van der Waals surface area contributed by atoms with Crippen LogP contribution in [0.1, 0.15) is 24.0 Å². The number of aromatic nitrogens is 3. The molecule has 0 aliphatic rings. The van der Waals surface area contributed by atoms with Gasteiger partial charge in [-0.1, -0.05) is 6.92 Å².